The summed E-state index contributed by atoms with van der Waals surface area (Å²) < 4.78 is 0. The minimum Gasteiger partial charge on any atom is -0.0622 e. The third-order valence-electron chi connectivity index (χ3n) is 9.07. The highest BCUT2D eigenvalue weighted by Gasteiger charge is 2.30. The van der Waals surface area contributed by atoms with Crippen LogP contribution >= 0.6 is 15.8 Å². The third-order valence-corrected chi connectivity index (χ3v) is 14.7. The van der Waals surface area contributed by atoms with E-state index in [1.165, 1.54) is 43.5 Å². The van der Waals surface area contributed by atoms with Gasteiger partial charge in [0.15, 0.2) is 0 Å². The van der Waals surface area contributed by atoms with Crippen molar-refractivity contribution in [1.29, 1.82) is 0 Å². The Morgan fingerprint density at radius 2 is 0.500 bits per heavy atom. The molecule has 0 nitrogen and oxygen atoms in total. The van der Waals surface area contributed by atoms with Gasteiger partial charge in [-0.3, -0.25) is 0 Å². The van der Waals surface area contributed by atoms with Gasteiger partial charge in [0.2, 0.25) is 0 Å². The topological polar surface area (TPSA) is 0 Å². The molecule has 0 saturated heterocycles. The average molecular weight is 655 g/mol. The molecule has 48 heavy (non-hydrogen) atoms. The molecule has 0 bridgehead atoms. The number of hydrogen-bond donors (Lipinski definition) is 0. The molecule has 2 atom stereocenters. The van der Waals surface area contributed by atoms with Gasteiger partial charge in [0.25, 0.3) is 0 Å². The lowest BCUT2D eigenvalue weighted by atomic mass is 9.95. The van der Waals surface area contributed by atoms with Crippen molar-refractivity contribution < 1.29 is 0 Å². The van der Waals surface area contributed by atoms with Crippen molar-refractivity contribution in [3.8, 4) is 0 Å². The molecule has 0 aliphatic heterocycles. The molecule has 234 valence electrons. The summed E-state index contributed by atoms with van der Waals surface area (Å²) in [7, 11) is -1.34. The second-order valence-corrected chi connectivity index (χ2v) is 16.9. The molecule has 7 rings (SSSR count). The quantitative estimate of drug-likeness (QED) is 0.115. The van der Waals surface area contributed by atoms with Gasteiger partial charge >= 0.3 is 0 Å². The first-order valence-corrected chi connectivity index (χ1v) is 19.6. The molecule has 2 heteroatoms. The van der Waals surface area contributed by atoms with Crippen LogP contribution < -0.4 is 21.2 Å². The van der Waals surface area contributed by atoms with Gasteiger partial charge < -0.3 is 0 Å². The second kappa shape index (κ2) is 16.0. The highest BCUT2D eigenvalue weighted by molar-refractivity contribution is 7.73. The van der Waals surface area contributed by atoms with Gasteiger partial charge in [-0.25, -0.2) is 0 Å². The Morgan fingerprint density at radius 1 is 0.271 bits per heavy atom. The molecule has 0 saturated carbocycles. The molecule has 0 heterocycles. The summed E-state index contributed by atoms with van der Waals surface area (Å²) in [4.78, 5) is 0. The van der Waals surface area contributed by atoms with E-state index in [2.05, 4.69) is 206 Å². The highest BCUT2D eigenvalue weighted by Crippen LogP contribution is 2.53. The van der Waals surface area contributed by atoms with E-state index in [0.29, 0.717) is 11.3 Å². The maximum absolute atomic E-state index is 2.39. The van der Waals surface area contributed by atoms with Crippen LogP contribution in [0.15, 0.2) is 206 Å². The van der Waals surface area contributed by atoms with E-state index in [1.807, 2.05) is 0 Å². The molecule has 0 radical (unpaired) electrons. The van der Waals surface area contributed by atoms with Gasteiger partial charge in [-0.15, -0.1) is 0 Å². The van der Waals surface area contributed by atoms with Crippen LogP contribution in [0.25, 0.3) is 0 Å². The van der Waals surface area contributed by atoms with E-state index in [-0.39, 0.29) is 0 Å². The maximum Gasteiger partial charge on any atom is 0.0162 e. The summed E-state index contributed by atoms with van der Waals surface area (Å²) in [5.74, 6) is 0. The first-order valence-electron chi connectivity index (χ1n) is 16.8. The van der Waals surface area contributed by atoms with Gasteiger partial charge in [-0.1, -0.05) is 206 Å². The second-order valence-electron chi connectivity index (χ2n) is 12.1. The van der Waals surface area contributed by atoms with Crippen LogP contribution in [0.3, 0.4) is 0 Å². The average Bonchev–Trinajstić information content (AvgIpc) is 3.17. The van der Waals surface area contributed by atoms with Gasteiger partial charge in [-0.05, 0) is 72.2 Å². The normalized spacial score (nSPS) is 12.5. The van der Waals surface area contributed by atoms with Crippen LogP contribution in [-0.4, -0.2) is 0 Å². The Balaban J connectivity index is 1.33. The van der Waals surface area contributed by atoms with E-state index in [1.54, 1.807) is 0 Å². The van der Waals surface area contributed by atoms with Crippen LogP contribution in [0.5, 0.6) is 0 Å². The molecular formula is C46H40P2. The largest absolute Gasteiger partial charge is 0.0622 e. The van der Waals surface area contributed by atoms with Crippen LogP contribution in [-0.2, 0) is 12.8 Å². The van der Waals surface area contributed by atoms with Gasteiger partial charge in [0, 0.05) is 11.3 Å². The molecular weight excluding hydrogens is 614 g/mol. The molecule has 0 aliphatic carbocycles. The minimum atomic E-state index is -0.671. The molecule has 7 aromatic rings. The maximum atomic E-state index is 2.39. The zero-order valence-electron chi connectivity index (χ0n) is 27.1. The van der Waals surface area contributed by atoms with E-state index in [9.17, 15) is 0 Å². The van der Waals surface area contributed by atoms with Crippen molar-refractivity contribution >= 4 is 37.1 Å². The fourth-order valence-corrected chi connectivity index (χ4v) is 12.5. The molecule has 0 aromatic heterocycles. The lowest BCUT2D eigenvalue weighted by Crippen LogP contribution is -2.20. The summed E-state index contributed by atoms with van der Waals surface area (Å²) in [5, 5.41) is 5.68. The Morgan fingerprint density at radius 3 is 0.771 bits per heavy atom. The zero-order valence-corrected chi connectivity index (χ0v) is 28.9. The predicted molar refractivity (Wildman–Crippen MR) is 210 cm³/mol. The molecule has 0 spiro atoms. The lowest BCUT2D eigenvalue weighted by Gasteiger charge is -2.32. The summed E-state index contributed by atoms with van der Waals surface area (Å²) in [6, 6.07) is 76.5. The van der Waals surface area contributed by atoms with E-state index in [4.69, 9.17) is 0 Å². The molecule has 0 N–H and O–H groups in total. The predicted octanol–water partition coefficient (Wildman–Crippen LogP) is 10.5. The summed E-state index contributed by atoms with van der Waals surface area (Å²) in [6.45, 7) is 0. The Labute approximate surface area is 288 Å². The highest BCUT2D eigenvalue weighted by atomic mass is 31.1. The van der Waals surface area contributed by atoms with E-state index < -0.39 is 15.8 Å². The standard InChI is InChI=1S/C46H40P2/c1-7-21-37(22-8-1)45(47(41-27-11-3-12-28-41)42-29-13-4-14-30-42)35-39-25-19-20-26-40(39)36-46(38-23-9-2-10-24-38)48(43-31-15-5-16-32-43)44-33-17-6-18-34-44/h1-34,45-46H,35-36H2. The van der Waals surface area contributed by atoms with Crippen LogP contribution in [0.2, 0.25) is 0 Å². The Bertz CT molecular complexity index is 1740. The molecule has 0 fully saturated rings. The van der Waals surface area contributed by atoms with E-state index in [0.717, 1.165) is 12.8 Å². The SMILES string of the molecule is c1ccc(C(Cc2ccccc2CC(c2ccccc2)P(c2ccccc2)c2ccccc2)P(c2ccccc2)c2ccccc2)cc1. The summed E-state index contributed by atoms with van der Waals surface area (Å²) >= 11 is 0. The Kier molecular flexibility index (Phi) is 10.7. The van der Waals surface area contributed by atoms with Gasteiger partial charge in [-0.2, -0.15) is 0 Å². The van der Waals surface area contributed by atoms with Gasteiger partial charge in [0.1, 0.15) is 0 Å². The monoisotopic (exact) mass is 654 g/mol. The van der Waals surface area contributed by atoms with Crippen LogP contribution in [0, 0.1) is 0 Å². The fraction of sp³-hybridized carbons (Fsp3) is 0.0870. The van der Waals surface area contributed by atoms with Crippen LogP contribution in [0.1, 0.15) is 33.6 Å². The first-order chi connectivity index (χ1) is 23.8. The Hall–Kier alpha value is -4.60. The zero-order chi connectivity index (χ0) is 32.4. The molecule has 0 amide bonds. The third kappa shape index (κ3) is 7.58. The molecule has 2 unspecified atom stereocenters. The van der Waals surface area contributed by atoms with Crippen molar-refractivity contribution in [2.45, 2.75) is 24.2 Å². The lowest BCUT2D eigenvalue weighted by molar-refractivity contribution is 0.863. The number of benzene rings is 7. The van der Waals surface area contributed by atoms with Crippen molar-refractivity contribution in [2.24, 2.45) is 0 Å². The summed E-state index contributed by atoms with van der Waals surface area (Å²) in [6.07, 6.45) is 1.96. The minimum absolute atomic E-state index is 0.326. The van der Waals surface area contributed by atoms with Gasteiger partial charge in [0.05, 0.1) is 0 Å². The molecule has 7 aromatic carbocycles. The van der Waals surface area contributed by atoms with Crippen molar-refractivity contribution in [3.05, 3.63) is 229 Å². The van der Waals surface area contributed by atoms with E-state index >= 15 is 0 Å². The summed E-state index contributed by atoms with van der Waals surface area (Å²) in [5.41, 5.74) is 6.35. The number of hydrogen-bond acceptors (Lipinski definition) is 0. The smallest absolute Gasteiger partial charge is 0.0162 e. The molecule has 0 aliphatic rings. The fourth-order valence-electron chi connectivity index (χ4n) is 6.81. The van der Waals surface area contributed by atoms with Crippen LogP contribution in [0.4, 0.5) is 0 Å². The van der Waals surface area contributed by atoms with Crippen molar-refractivity contribution in [2.75, 3.05) is 0 Å². The number of rotatable bonds is 12. The van der Waals surface area contributed by atoms with Crippen molar-refractivity contribution in [3.63, 3.8) is 0 Å². The first kappa shape index (κ1) is 32.0. The van der Waals surface area contributed by atoms with Crippen molar-refractivity contribution in [1.82, 2.24) is 0 Å².